The molecule has 0 atom stereocenters. The number of hydrogen-bond donors (Lipinski definition) is 2. The van der Waals surface area contributed by atoms with Crippen LogP contribution in [0.5, 0.6) is 0 Å². The van der Waals surface area contributed by atoms with Crippen molar-refractivity contribution in [2.24, 2.45) is 0 Å². The number of carbonyl (C=O) groups excluding carboxylic acids is 1. The van der Waals surface area contributed by atoms with E-state index in [1.54, 1.807) is 12.1 Å². The van der Waals surface area contributed by atoms with Gasteiger partial charge in [0.15, 0.2) is 0 Å². The molecule has 0 saturated heterocycles. The molecule has 0 aliphatic heterocycles. The number of rotatable bonds is 3. The van der Waals surface area contributed by atoms with Crippen LogP contribution in [0.4, 0.5) is 5.69 Å². The van der Waals surface area contributed by atoms with Gasteiger partial charge in [0, 0.05) is 18.1 Å². The molecule has 7 nitrogen and oxygen atoms in total. The number of anilines is 1. The molecule has 3 heterocycles. The summed E-state index contributed by atoms with van der Waals surface area (Å²) in [7, 11) is 0. The van der Waals surface area contributed by atoms with Crippen LogP contribution >= 0.6 is 11.3 Å². The highest BCUT2D eigenvalue weighted by molar-refractivity contribution is 7.21. The molecule has 0 unspecified atom stereocenters. The molecule has 0 radical (unpaired) electrons. The molecule has 120 valence electrons. The standard InChI is InChI=1S/C16H14N6OS/c1-8-9(2)21-22-16-12(8)13(18)14(24-16)15(23)20-7-10-3-4-19-11(5-10)6-17/h3-5H,7,18H2,1-2H3,(H,20,23). The first kappa shape index (κ1) is 15.8. The summed E-state index contributed by atoms with van der Waals surface area (Å²) in [5.41, 5.74) is 9.40. The van der Waals surface area contributed by atoms with Crippen LogP contribution in [0.2, 0.25) is 0 Å². The molecule has 0 aliphatic rings. The van der Waals surface area contributed by atoms with Crippen LogP contribution in [0.1, 0.15) is 32.2 Å². The van der Waals surface area contributed by atoms with Crippen LogP contribution in [-0.2, 0) is 6.54 Å². The fourth-order valence-electron chi connectivity index (χ4n) is 2.32. The largest absolute Gasteiger partial charge is 0.397 e. The molecule has 3 aromatic heterocycles. The molecule has 24 heavy (non-hydrogen) atoms. The van der Waals surface area contributed by atoms with Gasteiger partial charge in [-0.2, -0.15) is 10.4 Å². The molecule has 0 aliphatic carbocycles. The lowest BCUT2D eigenvalue weighted by Gasteiger charge is -2.05. The van der Waals surface area contributed by atoms with Gasteiger partial charge < -0.3 is 11.1 Å². The van der Waals surface area contributed by atoms with E-state index in [2.05, 4.69) is 20.5 Å². The van der Waals surface area contributed by atoms with Gasteiger partial charge in [-0.05, 0) is 37.1 Å². The Kier molecular flexibility index (Phi) is 4.10. The molecule has 0 saturated carbocycles. The molecule has 0 bridgehead atoms. The van der Waals surface area contributed by atoms with Gasteiger partial charge in [0.25, 0.3) is 5.91 Å². The lowest BCUT2D eigenvalue weighted by atomic mass is 10.1. The van der Waals surface area contributed by atoms with E-state index in [0.717, 1.165) is 22.2 Å². The van der Waals surface area contributed by atoms with Gasteiger partial charge in [0.2, 0.25) is 0 Å². The normalized spacial score (nSPS) is 10.5. The number of amides is 1. The van der Waals surface area contributed by atoms with Crippen molar-refractivity contribution in [3.8, 4) is 6.07 Å². The first-order valence-electron chi connectivity index (χ1n) is 7.16. The van der Waals surface area contributed by atoms with Crippen molar-refractivity contribution in [3.63, 3.8) is 0 Å². The Bertz CT molecular complexity index is 988. The minimum atomic E-state index is -0.275. The fourth-order valence-corrected chi connectivity index (χ4v) is 3.33. The first-order valence-corrected chi connectivity index (χ1v) is 7.98. The van der Waals surface area contributed by atoms with Crippen LogP contribution in [-0.4, -0.2) is 21.1 Å². The van der Waals surface area contributed by atoms with Gasteiger partial charge in [-0.15, -0.1) is 16.4 Å². The number of fused-ring (bicyclic) bond motifs is 1. The van der Waals surface area contributed by atoms with Crippen LogP contribution in [0.25, 0.3) is 10.2 Å². The number of nitrogens with one attached hydrogen (secondary N) is 1. The molecule has 3 N–H and O–H groups in total. The molecule has 3 rings (SSSR count). The van der Waals surface area contributed by atoms with Gasteiger partial charge in [0.05, 0.1) is 11.4 Å². The third-order valence-electron chi connectivity index (χ3n) is 3.73. The number of aromatic nitrogens is 3. The summed E-state index contributed by atoms with van der Waals surface area (Å²) in [6.07, 6.45) is 1.54. The number of hydrogen-bond acceptors (Lipinski definition) is 7. The van der Waals surface area contributed by atoms with Crippen LogP contribution in [0, 0.1) is 25.2 Å². The third-order valence-corrected chi connectivity index (χ3v) is 4.82. The highest BCUT2D eigenvalue weighted by Crippen LogP contribution is 2.34. The maximum Gasteiger partial charge on any atom is 0.263 e. The summed E-state index contributed by atoms with van der Waals surface area (Å²) in [5, 5.41) is 20.6. The second kappa shape index (κ2) is 6.22. The predicted octanol–water partition coefficient (Wildman–Crippen LogP) is 2.09. The maximum absolute atomic E-state index is 12.4. The van der Waals surface area contributed by atoms with Crippen molar-refractivity contribution in [3.05, 3.63) is 45.7 Å². The Balaban J connectivity index is 1.85. The van der Waals surface area contributed by atoms with Crippen LogP contribution < -0.4 is 11.1 Å². The zero-order valence-corrected chi connectivity index (χ0v) is 13.9. The molecular weight excluding hydrogens is 324 g/mol. The second-order valence-electron chi connectivity index (χ2n) is 5.28. The first-order chi connectivity index (χ1) is 11.5. The zero-order chi connectivity index (χ0) is 17.3. The Morgan fingerprint density at radius 3 is 2.96 bits per heavy atom. The van der Waals surface area contributed by atoms with Crippen LogP contribution in [0.3, 0.4) is 0 Å². The van der Waals surface area contributed by atoms with Crippen molar-refractivity contribution in [2.75, 3.05) is 5.73 Å². The lowest BCUT2D eigenvalue weighted by Crippen LogP contribution is -2.22. The average Bonchev–Trinajstić information content (AvgIpc) is 2.93. The summed E-state index contributed by atoms with van der Waals surface area (Å²) < 4.78 is 0. The van der Waals surface area contributed by atoms with Gasteiger partial charge in [-0.25, -0.2) is 4.98 Å². The zero-order valence-electron chi connectivity index (χ0n) is 13.1. The van der Waals surface area contributed by atoms with E-state index < -0.39 is 0 Å². The molecule has 8 heteroatoms. The molecular formula is C16H14N6OS. The summed E-state index contributed by atoms with van der Waals surface area (Å²) in [6, 6.07) is 5.34. The molecule has 0 spiro atoms. The number of nitriles is 1. The molecule has 0 fully saturated rings. The summed E-state index contributed by atoms with van der Waals surface area (Å²) >= 11 is 1.22. The van der Waals surface area contributed by atoms with E-state index in [0.29, 0.717) is 21.1 Å². The number of aryl methyl sites for hydroxylation is 2. The minimum Gasteiger partial charge on any atom is -0.397 e. The minimum absolute atomic E-state index is 0.275. The van der Waals surface area contributed by atoms with Crippen molar-refractivity contribution in [2.45, 2.75) is 20.4 Å². The number of carbonyl (C=O) groups is 1. The number of pyridine rings is 1. The van der Waals surface area contributed by atoms with Crippen molar-refractivity contribution >= 4 is 33.1 Å². The van der Waals surface area contributed by atoms with Gasteiger partial charge in [-0.3, -0.25) is 4.79 Å². The van der Waals surface area contributed by atoms with Crippen molar-refractivity contribution in [1.82, 2.24) is 20.5 Å². The second-order valence-corrected chi connectivity index (χ2v) is 6.28. The highest BCUT2D eigenvalue weighted by Gasteiger charge is 2.19. The average molecular weight is 338 g/mol. The number of thiophene rings is 1. The quantitative estimate of drug-likeness (QED) is 0.755. The van der Waals surface area contributed by atoms with E-state index in [1.807, 2.05) is 19.9 Å². The van der Waals surface area contributed by atoms with Crippen molar-refractivity contribution in [1.29, 1.82) is 5.26 Å². The van der Waals surface area contributed by atoms with E-state index in [4.69, 9.17) is 11.0 Å². The summed E-state index contributed by atoms with van der Waals surface area (Å²) in [6.45, 7) is 4.06. The Labute approximate surface area is 142 Å². The third kappa shape index (κ3) is 2.77. The van der Waals surface area contributed by atoms with E-state index in [9.17, 15) is 4.79 Å². The SMILES string of the molecule is Cc1nnc2sc(C(=O)NCc3ccnc(C#N)c3)c(N)c2c1C. The summed E-state index contributed by atoms with van der Waals surface area (Å²) in [4.78, 5) is 17.4. The van der Waals surface area contributed by atoms with Gasteiger partial charge in [-0.1, -0.05) is 0 Å². The molecule has 0 aromatic carbocycles. The lowest BCUT2D eigenvalue weighted by molar-refractivity contribution is 0.0956. The smallest absolute Gasteiger partial charge is 0.263 e. The maximum atomic E-state index is 12.4. The van der Waals surface area contributed by atoms with E-state index >= 15 is 0 Å². The fraction of sp³-hybridized carbons (Fsp3) is 0.188. The highest BCUT2D eigenvalue weighted by atomic mass is 32.1. The number of nitrogens with two attached hydrogens (primary N) is 1. The van der Waals surface area contributed by atoms with E-state index in [1.165, 1.54) is 17.5 Å². The van der Waals surface area contributed by atoms with Crippen LogP contribution in [0.15, 0.2) is 18.3 Å². The Hall–Kier alpha value is -3.05. The predicted molar refractivity (Wildman–Crippen MR) is 91.4 cm³/mol. The monoisotopic (exact) mass is 338 g/mol. The topological polar surface area (TPSA) is 118 Å². The number of nitrogen functional groups attached to an aromatic ring is 1. The van der Waals surface area contributed by atoms with Gasteiger partial charge >= 0.3 is 0 Å². The summed E-state index contributed by atoms with van der Waals surface area (Å²) in [5.74, 6) is -0.275. The van der Waals surface area contributed by atoms with Gasteiger partial charge in [0.1, 0.15) is 21.5 Å². The molecule has 3 aromatic rings. The Morgan fingerprint density at radius 1 is 1.42 bits per heavy atom. The van der Waals surface area contributed by atoms with Crippen molar-refractivity contribution < 1.29 is 4.79 Å². The number of nitrogens with zero attached hydrogens (tertiary/aromatic N) is 4. The Morgan fingerprint density at radius 2 is 2.21 bits per heavy atom. The molecule has 1 amide bonds. The van der Waals surface area contributed by atoms with E-state index in [-0.39, 0.29) is 12.5 Å².